The fourth-order valence-electron chi connectivity index (χ4n) is 0.296. The Morgan fingerprint density at radius 1 is 1.67 bits per heavy atom. The van der Waals surface area contributed by atoms with E-state index in [4.69, 9.17) is 10.8 Å². The van der Waals surface area contributed by atoms with Gasteiger partial charge in [-0.05, 0) is 13.0 Å². The molecule has 3 N–H and O–H groups in total. The molecule has 50 valence electrons. The Hall–Kier alpha value is -1.18. The lowest BCUT2D eigenvalue weighted by molar-refractivity contribution is 0.425. The number of hydrogen-bond acceptors (Lipinski definition) is 2. The third-order valence-corrected chi connectivity index (χ3v) is 0.801. The molecule has 0 aromatic rings. The first-order valence-corrected chi connectivity index (χ1v) is 2.65. The van der Waals surface area contributed by atoms with Crippen LogP contribution in [0.2, 0.25) is 0 Å². The molecule has 0 fully saturated rings. The van der Waals surface area contributed by atoms with E-state index in [-0.39, 0.29) is 5.76 Å². The molecule has 0 saturated heterocycles. The summed E-state index contributed by atoms with van der Waals surface area (Å²) in [6.45, 7) is 5.10. The molecule has 0 aromatic carbocycles. The standard InChI is InChI=1S/C7H11NO/c1-3-4-5-7(8)6(2)9/h3-5,9H,2,8H2,1H3/b4-3-,7-5+. The first-order chi connectivity index (χ1) is 4.18. The Kier molecular flexibility index (Phi) is 3.28. The van der Waals surface area contributed by atoms with Crippen LogP contribution in [-0.4, -0.2) is 5.11 Å². The minimum atomic E-state index is -0.0897. The third kappa shape index (κ3) is 3.41. The summed E-state index contributed by atoms with van der Waals surface area (Å²) in [7, 11) is 0. The van der Waals surface area contributed by atoms with Gasteiger partial charge in [0.2, 0.25) is 0 Å². The van der Waals surface area contributed by atoms with E-state index >= 15 is 0 Å². The molecule has 2 nitrogen and oxygen atoms in total. The Labute approximate surface area is 55.0 Å². The quantitative estimate of drug-likeness (QED) is 0.433. The summed E-state index contributed by atoms with van der Waals surface area (Å²) < 4.78 is 0. The lowest BCUT2D eigenvalue weighted by atomic mass is 10.3. The molecular weight excluding hydrogens is 114 g/mol. The molecule has 0 amide bonds. The van der Waals surface area contributed by atoms with Crippen molar-refractivity contribution in [2.24, 2.45) is 5.73 Å². The molecule has 0 aliphatic rings. The maximum absolute atomic E-state index is 8.63. The van der Waals surface area contributed by atoms with E-state index in [1.54, 1.807) is 12.2 Å². The molecular formula is C7H11NO. The van der Waals surface area contributed by atoms with Crippen LogP contribution in [-0.2, 0) is 0 Å². The van der Waals surface area contributed by atoms with Gasteiger partial charge in [0.1, 0.15) is 5.76 Å². The molecule has 0 aliphatic carbocycles. The van der Waals surface area contributed by atoms with Gasteiger partial charge in [-0.15, -0.1) is 0 Å². The van der Waals surface area contributed by atoms with Crippen molar-refractivity contribution >= 4 is 0 Å². The summed E-state index contributed by atoms with van der Waals surface area (Å²) in [5, 5.41) is 8.63. The predicted octanol–water partition coefficient (Wildman–Crippen LogP) is 1.48. The van der Waals surface area contributed by atoms with Gasteiger partial charge >= 0.3 is 0 Å². The van der Waals surface area contributed by atoms with Crippen LogP contribution in [0, 0.1) is 0 Å². The fourth-order valence-corrected chi connectivity index (χ4v) is 0.296. The number of aliphatic hydroxyl groups is 1. The molecule has 0 rings (SSSR count). The van der Waals surface area contributed by atoms with Crippen molar-refractivity contribution in [3.63, 3.8) is 0 Å². The topological polar surface area (TPSA) is 46.2 Å². The van der Waals surface area contributed by atoms with Gasteiger partial charge in [0, 0.05) is 0 Å². The molecule has 0 unspecified atom stereocenters. The molecule has 0 aromatic heterocycles. The monoisotopic (exact) mass is 125 g/mol. The lowest BCUT2D eigenvalue weighted by Gasteiger charge is -1.92. The normalized spacial score (nSPS) is 12.3. The van der Waals surface area contributed by atoms with Gasteiger partial charge in [-0.25, -0.2) is 0 Å². The Morgan fingerprint density at radius 2 is 2.22 bits per heavy atom. The zero-order valence-electron chi connectivity index (χ0n) is 5.46. The summed E-state index contributed by atoms with van der Waals surface area (Å²) in [6.07, 6.45) is 5.13. The number of aliphatic hydroxyl groups excluding tert-OH is 1. The van der Waals surface area contributed by atoms with E-state index in [2.05, 4.69) is 6.58 Å². The Morgan fingerprint density at radius 3 is 2.56 bits per heavy atom. The average Bonchev–Trinajstić information content (AvgIpc) is 1.82. The van der Waals surface area contributed by atoms with Crippen molar-refractivity contribution in [3.05, 3.63) is 36.3 Å². The van der Waals surface area contributed by atoms with E-state index < -0.39 is 0 Å². The van der Waals surface area contributed by atoms with Gasteiger partial charge in [-0.1, -0.05) is 18.7 Å². The largest absolute Gasteiger partial charge is 0.506 e. The maximum Gasteiger partial charge on any atom is 0.131 e. The summed E-state index contributed by atoms with van der Waals surface area (Å²) in [6, 6.07) is 0. The highest BCUT2D eigenvalue weighted by Crippen LogP contribution is 1.94. The van der Waals surface area contributed by atoms with E-state index in [0.717, 1.165) is 0 Å². The van der Waals surface area contributed by atoms with E-state index in [1.165, 1.54) is 0 Å². The minimum Gasteiger partial charge on any atom is -0.506 e. The first-order valence-electron chi connectivity index (χ1n) is 2.65. The van der Waals surface area contributed by atoms with Gasteiger partial charge in [-0.2, -0.15) is 0 Å². The van der Waals surface area contributed by atoms with Crippen LogP contribution < -0.4 is 5.73 Å². The van der Waals surface area contributed by atoms with E-state index in [9.17, 15) is 0 Å². The van der Waals surface area contributed by atoms with E-state index in [0.29, 0.717) is 5.70 Å². The SMILES string of the molecule is C=C(O)/C(N)=C\C=C/C. The summed E-state index contributed by atoms with van der Waals surface area (Å²) >= 11 is 0. The van der Waals surface area contributed by atoms with Crippen molar-refractivity contribution in [2.75, 3.05) is 0 Å². The maximum atomic E-state index is 8.63. The van der Waals surface area contributed by atoms with Crippen molar-refractivity contribution < 1.29 is 5.11 Å². The summed E-state index contributed by atoms with van der Waals surface area (Å²) in [5.41, 5.74) is 5.56. The van der Waals surface area contributed by atoms with Gasteiger partial charge in [0.05, 0.1) is 5.70 Å². The molecule has 0 spiro atoms. The van der Waals surface area contributed by atoms with Gasteiger partial charge in [0.25, 0.3) is 0 Å². The number of nitrogens with two attached hydrogens (primary N) is 1. The van der Waals surface area contributed by atoms with E-state index in [1.807, 2.05) is 13.0 Å². The summed E-state index contributed by atoms with van der Waals surface area (Å²) in [5.74, 6) is -0.0897. The highest BCUT2D eigenvalue weighted by atomic mass is 16.3. The highest BCUT2D eigenvalue weighted by molar-refractivity contribution is 5.22. The fraction of sp³-hybridized carbons (Fsp3) is 0.143. The Bertz CT molecular complexity index is 156. The molecule has 0 radical (unpaired) electrons. The average molecular weight is 125 g/mol. The predicted molar refractivity (Wildman–Crippen MR) is 38.9 cm³/mol. The smallest absolute Gasteiger partial charge is 0.131 e. The van der Waals surface area contributed by atoms with Gasteiger partial charge in [0.15, 0.2) is 0 Å². The zero-order valence-corrected chi connectivity index (χ0v) is 5.46. The van der Waals surface area contributed by atoms with Crippen LogP contribution in [0.15, 0.2) is 36.3 Å². The molecule has 0 bridgehead atoms. The number of hydrogen-bond donors (Lipinski definition) is 2. The Balaban J connectivity index is 4.00. The molecule has 0 heterocycles. The third-order valence-electron chi connectivity index (χ3n) is 0.801. The molecule has 2 heteroatoms. The van der Waals surface area contributed by atoms with Crippen molar-refractivity contribution in [1.29, 1.82) is 0 Å². The van der Waals surface area contributed by atoms with Gasteiger partial charge < -0.3 is 10.8 Å². The highest BCUT2D eigenvalue weighted by Gasteiger charge is 1.87. The second-order valence-electron chi connectivity index (χ2n) is 1.59. The zero-order chi connectivity index (χ0) is 7.28. The van der Waals surface area contributed by atoms with Crippen LogP contribution in [0.1, 0.15) is 6.92 Å². The second-order valence-corrected chi connectivity index (χ2v) is 1.59. The van der Waals surface area contributed by atoms with Crippen molar-refractivity contribution in [2.45, 2.75) is 6.92 Å². The van der Waals surface area contributed by atoms with Crippen LogP contribution in [0.3, 0.4) is 0 Å². The minimum absolute atomic E-state index is 0.0897. The molecule has 0 saturated carbocycles. The van der Waals surface area contributed by atoms with Crippen LogP contribution >= 0.6 is 0 Å². The van der Waals surface area contributed by atoms with Crippen molar-refractivity contribution in [3.8, 4) is 0 Å². The number of rotatable bonds is 2. The molecule has 0 aliphatic heterocycles. The van der Waals surface area contributed by atoms with Crippen LogP contribution in [0.4, 0.5) is 0 Å². The molecule has 9 heavy (non-hydrogen) atoms. The lowest BCUT2D eigenvalue weighted by Crippen LogP contribution is -1.97. The first kappa shape index (κ1) is 7.82. The number of allylic oxidation sites excluding steroid dienone is 3. The van der Waals surface area contributed by atoms with Gasteiger partial charge in [-0.3, -0.25) is 0 Å². The molecule has 0 atom stereocenters. The second kappa shape index (κ2) is 3.78. The van der Waals surface area contributed by atoms with Crippen LogP contribution in [0.25, 0.3) is 0 Å². The summed E-state index contributed by atoms with van der Waals surface area (Å²) in [4.78, 5) is 0. The van der Waals surface area contributed by atoms with Crippen LogP contribution in [0.5, 0.6) is 0 Å². The van der Waals surface area contributed by atoms with Crippen molar-refractivity contribution in [1.82, 2.24) is 0 Å².